The van der Waals surface area contributed by atoms with Crippen LogP contribution in [0.4, 0.5) is 0 Å². The van der Waals surface area contributed by atoms with Gasteiger partial charge in [0.15, 0.2) is 0 Å². The summed E-state index contributed by atoms with van der Waals surface area (Å²) in [5.74, 6) is 0. The van der Waals surface area contributed by atoms with Crippen LogP contribution in [0, 0.1) is 0 Å². The van der Waals surface area contributed by atoms with Gasteiger partial charge in [0.2, 0.25) is 0 Å². The predicted octanol–water partition coefficient (Wildman–Crippen LogP) is 2.52. The van der Waals surface area contributed by atoms with Crippen LogP contribution in [0.2, 0.25) is 0 Å². The number of hydrogen-bond donors (Lipinski definition) is 0. The lowest BCUT2D eigenvalue weighted by atomic mass is 10.2. The zero-order chi connectivity index (χ0) is 9.10. The first-order valence-corrected chi connectivity index (χ1v) is 4.12. The second-order valence-electron chi connectivity index (χ2n) is 2.75. The van der Waals surface area contributed by atoms with Crippen LogP contribution in [0.3, 0.4) is 0 Å². The van der Waals surface area contributed by atoms with Crippen LogP contribution in [0.15, 0.2) is 49.3 Å². The summed E-state index contributed by atoms with van der Waals surface area (Å²) < 4.78 is 1.83. The van der Waals surface area contributed by atoms with Gasteiger partial charge in [-0.25, -0.2) is 4.68 Å². The monoisotopic (exact) mass is 170 g/mol. The molecule has 1 aromatic carbocycles. The number of aromatic nitrogens is 2. The number of hydrogen-bond acceptors (Lipinski definition) is 1. The topological polar surface area (TPSA) is 17.8 Å². The van der Waals surface area contributed by atoms with E-state index in [0.717, 1.165) is 11.3 Å². The molecule has 13 heavy (non-hydrogen) atoms. The second-order valence-corrected chi connectivity index (χ2v) is 2.75. The zero-order valence-corrected chi connectivity index (χ0v) is 7.22. The molecule has 2 heteroatoms. The molecule has 0 spiro atoms. The molecule has 64 valence electrons. The predicted molar refractivity (Wildman–Crippen MR) is 53.7 cm³/mol. The van der Waals surface area contributed by atoms with Crippen LogP contribution in [-0.2, 0) is 0 Å². The highest BCUT2D eigenvalue weighted by Crippen LogP contribution is 2.08. The molecule has 0 saturated heterocycles. The molecule has 0 saturated carbocycles. The summed E-state index contributed by atoms with van der Waals surface area (Å²) in [6, 6.07) is 9.98. The Morgan fingerprint density at radius 1 is 1.23 bits per heavy atom. The Hall–Kier alpha value is -1.83. The number of benzene rings is 1. The molecule has 0 radical (unpaired) electrons. The lowest BCUT2D eigenvalue weighted by Gasteiger charge is -2.00. The fourth-order valence-corrected chi connectivity index (χ4v) is 1.18. The first-order chi connectivity index (χ1) is 6.40. The Morgan fingerprint density at radius 2 is 2.00 bits per heavy atom. The van der Waals surface area contributed by atoms with E-state index in [2.05, 4.69) is 11.7 Å². The van der Waals surface area contributed by atoms with Gasteiger partial charge in [0.25, 0.3) is 0 Å². The van der Waals surface area contributed by atoms with E-state index in [0.29, 0.717) is 0 Å². The molecule has 1 aromatic heterocycles. The third-order valence-corrected chi connectivity index (χ3v) is 1.90. The van der Waals surface area contributed by atoms with Crippen LogP contribution in [0.25, 0.3) is 11.8 Å². The first-order valence-electron chi connectivity index (χ1n) is 4.12. The van der Waals surface area contributed by atoms with E-state index in [1.165, 1.54) is 0 Å². The maximum atomic E-state index is 4.13. The maximum absolute atomic E-state index is 4.13. The van der Waals surface area contributed by atoms with Crippen LogP contribution in [-0.4, -0.2) is 9.78 Å². The van der Waals surface area contributed by atoms with Crippen molar-refractivity contribution in [2.24, 2.45) is 0 Å². The molecular weight excluding hydrogens is 160 g/mol. The van der Waals surface area contributed by atoms with Gasteiger partial charge in [0.05, 0.1) is 5.69 Å². The smallest absolute Gasteiger partial charge is 0.0645 e. The maximum Gasteiger partial charge on any atom is 0.0645 e. The summed E-state index contributed by atoms with van der Waals surface area (Å²) in [7, 11) is 0. The summed E-state index contributed by atoms with van der Waals surface area (Å²) in [4.78, 5) is 0. The average molecular weight is 170 g/mol. The minimum atomic E-state index is 1.07. The van der Waals surface area contributed by atoms with E-state index in [9.17, 15) is 0 Å². The molecule has 0 unspecified atom stereocenters. The third-order valence-electron chi connectivity index (χ3n) is 1.90. The molecule has 0 aliphatic heterocycles. The van der Waals surface area contributed by atoms with E-state index in [-0.39, 0.29) is 0 Å². The second kappa shape index (κ2) is 3.27. The van der Waals surface area contributed by atoms with Crippen LogP contribution in [0.1, 0.15) is 5.56 Å². The Kier molecular flexibility index (Phi) is 1.96. The minimum Gasteiger partial charge on any atom is -0.241 e. The van der Waals surface area contributed by atoms with Gasteiger partial charge < -0.3 is 0 Å². The number of nitrogens with zero attached hydrogens (tertiary/aromatic N) is 2. The molecule has 1 heterocycles. The molecular formula is C11H10N2. The van der Waals surface area contributed by atoms with Crippen molar-refractivity contribution in [1.29, 1.82) is 0 Å². The highest BCUT2D eigenvalue weighted by Gasteiger charge is 1.93. The lowest BCUT2D eigenvalue weighted by molar-refractivity contribution is 0.880. The molecule has 2 aromatic rings. The van der Waals surface area contributed by atoms with Crippen LogP contribution >= 0.6 is 0 Å². The van der Waals surface area contributed by atoms with Gasteiger partial charge in [-0.2, -0.15) is 5.10 Å². The van der Waals surface area contributed by atoms with Gasteiger partial charge in [-0.05, 0) is 23.8 Å². The molecule has 0 N–H and O–H groups in total. The fraction of sp³-hybridized carbons (Fsp3) is 0. The molecule has 0 amide bonds. The normalized spacial score (nSPS) is 9.85. The highest BCUT2D eigenvalue weighted by atomic mass is 15.3. The number of rotatable bonds is 2. The standard InChI is InChI=1S/C11H10N2/c1-2-10-4-6-11(7-5-10)13-9-3-8-12-13/h2-9H,1H2. The van der Waals surface area contributed by atoms with Crippen LogP contribution < -0.4 is 0 Å². The summed E-state index contributed by atoms with van der Waals surface area (Å²) in [5.41, 5.74) is 2.19. The summed E-state index contributed by atoms with van der Waals surface area (Å²) in [6.07, 6.45) is 5.51. The first kappa shape index (κ1) is 7.80. The molecule has 0 aliphatic rings. The van der Waals surface area contributed by atoms with Crippen molar-refractivity contribution in [3.63, 3.8) is 0 Å². The van der Waals surface area contributed by atoms with Crippen molar-refractivity contribution < 1.29 is 0 Å². The van der Waals surface area contributed by atoms with E-state index in [4.69, 9.17) is 0 Å². The minimum absolute atomic E-state index is 1.07. The quantitative estimate of drug-likeness (QED) is 0.677. The molecule has 0 aliphatic carbocycles. The highest BCUT2D eigenvalue weighted by molar-refractivity contribution is 5.49. The van der Waals surface area contributed by atoms with Gasteiger partial charge in [-0.1, -0.05) is 24.8 Å². The molecule has 0 atom stereocenters. The average Bonchev–Trinajstić information content (AvgIpc) is 2.71. The lowest BCUT2D eigenvalue weighted by Crippen LogP contribution is -1.92. The van der Waals surface area contributed by atoms with E-state index >= 15 is 0 Å². The Balaban J connectivity index is 2.38. The van der Waals surface area contributed by atoms with Crippen molar-refractivity contribution in [3.8, 4) is 5.69 Å². The van der Waals surface area contributed by atoms with E-state index < -0.39 is 0 Å². The van der Waals surface area contributed by atoms with Gasteiger partial charge in [-0.3, -0.25) is 0 Å². The summed E-state index contributed by atoms with van der Waals surface area (Å²) >= 11 is 0. The Labute approximate surface area is 77.1 Å². The SMILES string of the molecule is C=Cc1ccc(-n2cccn2)cc1. The van der Waals surface area contributed by atoms with Gasteiger partial charge in [0.1, 0.15) is 0 Å². The van der Waals surface area contributed by atoms with E-state index in [1.807, 2.05) is 47.3 Å². The summed E-state index contributed by atoms with van der Waals surface area (Å²) in [6.45, 7) is 3.70. The van der Waals surface area contributed by atoms with E-state index in [1.54, 1.807) is 6.20 Å². The van der Waals surface area contributed by atoms with Crippen molar-refractivity contribution in [2.45, 2.75) is 0 Å². The Morgan fingerprint density at radius 3 is 2.54 bits per heavy atom. The molecule has 0 bridgehead atoms. The van der Waals surface area contributed by atoms with Gasteiger partial charge in [-0.15, -0.1) is 0 Å². The Bertz CT molecular complexity index is 385. The molecule has 2 nitrogen and oxygen atoms in total. The molecule has 0 fully saturated rings. The van der Waals surface area contributed by atoms with Gasteiger partial charge in [0, 0.05) is 12.4 Å². The largest absolute Gasteiger partial charge is 0.241 e. The van der Waals surface area contributed by atoms with Crippen LogP contribution in [0.5, 0.6) is 0 Å². The van der Waals surface area contributed by atoms with Crippen molar-refractivity contribution in [1.82, 2.24) is 9.78 Å². The zero-order valence-electron chi connectivity index (χ0n) is 7.22. The van der Waals surface area contributed by atoms with Crippen molar-refractivity contribution in [3.05, 3.63) is 54.9 Å². The van der Waals surface area contributed by atoms with Crippen molar-refractivity contribution >= 4 is 6.08 Å². The van der Waals surface area contributed by atoms with Gasteiger partial charge >= 0.3 is 0 Å². The third kappa shape index (κ3) is 1.51. The molecule has 2 rings (SSSR count). The summed E-state index contributed by atoms with van der Waals surface area (Å²) in [5, 5.41) is 4.13. The van der Waals surface area contributed by atoms with Crippen molar-refractivity contribution in [2.75, 3.05) is 0 Å². The fourth-order valence-electron chi connectivity index (χ4n) is 1.18.